The number of hydrogen-bond acceptors (Lipinski definition) is 5. The third kappa shape index (κ3) is 5.09. The maximum Gasteiger partial charge on any atom is 0.338 e. The Bertz CT molecular complexity index is 1020. The van der Waals surface area contributed by atoms with E-state index in [1.807, 2.05) is 26.0 Å². The van der Waals surface area contributed by atoms with Gasteiger partial charge in [-0.15, -0.1) is 0 Å². The quantitative estimate of drug-likeness (QED) is 0.719. The summed E-state index contributed by atoms with van der Waals surface area (Å²) in [5.41, 5.74) is 2.68. The maximum absolute atomic E-state index is 12.3. The molecule has 0 aromatic heterocycles. The molecule has 0 saturated carbocycles. The Labute approximate surface area is 169 Å². The molecule has 1 N–H and O–H groups in total. The van der Waals surface area contributed by atoms with Crippen molar-refractivity contribution in [3.05, 3.63) is 58.1 Å². The lowest BCUT2D eigenvalue weighted by Crippen LogP contribution is -2.23. The molecule has 0 aliphatic heterocycles. The van der Waals surface area contributed by atoms with Crippen molar-refractivity contribution >= 4 is 39.2 Å². The van der Waals surface area contributed by atoms with Crippen LogP contribution < -0.4 is 5.32 Å². The molecular formula is C19H21ClN2O5S. The minimum atomic E-state index is -3.83. The van der Waals surface area contributed by atoms with Crippen LogP contribution in [0.5, 0.6) is 0 Å². The summed E-state index contributed by atoms with van der Waals surface area (Å²) in [6, 6.07) is 9.19. The van der Waals surface area contributed by atoms with Crippen molar-refractivity contribution in [1.29, 1.82) is 0 Å². The summed E-state index contributed by atoms with van der Waals surface area (Å²) in [6.07, 6.45) is 0. The first-order valence-electron chi connectivity index (χ1n) is 8.28. The number of carbonyl (C=O) groups is 2. The monoisotopic (exact) mass is 424 g/mol. The number of ether oxygens (including phenoxy) is 1. The van der Waals surface area contributed by atoms with E-state index in [-0.39, 0.29) is 15.5 Å². The highest BCUT2D eigenvalue weighted by molar-refractivity contribution is 7.89. The van der Waals surface area contributed by atoms with Gasteiger partial charge in [-0.2, -0.15) is 0 Å². The molecule has 9 heteroatoms. The van der Waals surface area contributed by atoms with Crippen molar-refractivity contribution in [1.82, 2.24) is 4.31 Å². The zero-order chi connectivity index (χ0) is 21.1. The zero-order valence-corrected chi connectivity index (χ0v) is 17.5. The number of nitrogens with one attached hydrogen (secondary N) is 1. The van der Waals surface area contributed by atoms with Gasteiger partial charge >= 0.3 is 5.97 Å². The third-order valence-electron chi connectivity index (χ3n) is 4.05. The van der Waals surface area contributed by atoms with Crippen LogP contribution in [-0.2, 0) is 19.6 Å². The van der Waals surface area contributed by atoms with Crippen molar-refractivity contribution < 1.29 is 22.7 Å². The molecule has 0 fully saturated rings. The fraction of sp³-hybridized carbons (Fsp3) is 0.263. The standard InChI is InChI=1S/C19H21ClN2O5S/c1-12-5-7-15(9-13(12)2)21-18(23)11-27-19(24)14-6-8-16(20)17(10-14)28(25,26)22(3)4/h5-10H,11H2,1-4H3,(H,21,23). The van der Waals surface area contributed by atoms with Crippen molar-refractivity contribution in [2.24, 2.45) is 0 Å². The first kappa shape index (κ1) is 21.9. The molecule has 150 valence electrons. The third-order valence-corrected chi connectivity index (χ3v) is 6.35. The number of aryl methyl sites for hydroxylation is 2. The van der Waals surface area contributed by atoms with E-state index in [9.17, 15) is 18.0 Å². The van der Waals surface area contributed by atoms with Gasteiger partial charge in [0.15, 0.2) is 6.61 Å². The highest BCUT2D eigenvalue weighted by Gasteiger charge is 2.23. The Morgan fingerprint density at radius 1 is 1.07 bits per heavy atom. The van der Waals surface area contributed by atoms with Gasteiger partial charge in [-0.25, -0.2) is 17.5 Å². The van der Waals surface area contributed by atoms with Crippen molar-refractivity contribution in [2.45, 2.75) is 18.7 Å². The van der Waals surface area contributed by atoms with Gasteiger partial charge in [0.1, 0.15) is 4.90 Å². The van der Waals surface area contributed by atoms with Crippen LogP contribution in [0, 0.1) is 13.8 Å². The van der Waals surface area contributed by atoms with Crippen molar-refractivity contribution in [3.63, 3.8) is 0 Å². The smallest absolute Gasteiger partial charge is 0.338 e. The van der Waals surface area contributed by atoms with Gasteiger partial charge < -0.3 is 10.1 Å². The molecular weight excluding hydrogens is 404 g/mol. The van der Waals surface area contributed by atoms with E-state index in [0.29, 0.717) is 5.69 Å². The Morgan fingerprint density at radius 3 is 2.36 bits per heavy atom. The van der Waals surface area contributed by atoms with Crippen molar-refractivity contribution in [3.8, 4) is 0 Å². The predicted octanol–water partition coefficient (Wildman–Crippen LogP) is 3.00. The minimum Gasteiger partial charge on any atom is -0.452 e. The first-order valence-corrected chi connectivity index (χ1v) is 10.1. The number of carbonyl (C=O) groups excluding carboxylic acids is 2. The second-order valence-corrected chi connectivity index (χ2v) is 8.88. The summed E-state index contributed by atoms with van der Waals surface area (Å²) in [6.45, 7) is 3.37. The number of anilines is 1. The topological polar surface area (TPSA) is 92.8 Å². The minimum absolute atomic E-state index is 0.0160. The molecule has 0 bridgehead atoms. The van der Waals surface area contributed by atoms with Crippen LogP contribution in [0.15, 0.2) is 41.3 Å². The largest absolute Gasteiger partial charge is 0.452 e. The van der Waals surface area contributed by atoms with E-state index in [2.05, 4.69) is 5.32 Å². The predicted molar refractivity (Wildman–Crippen MR) is 107 cm³/mol. The summed E-state index contributed by atoms with van der Waals surface area (Å²) >= 11 is 5.95. The van der Waals surface area contributed by atoms with Crippen LogP contribution in [0.4, 0.5) is 5.69 Å². The van der Waals surface area contributed by atoms with Gasteiger partial charge in [0, 0.05) is 19.8 Å². The van der Waals surface area contributed by atoms with Gasteiger partial charge in [0.25, 0.3) is 5.91 Å². The Balaban J connectivity index is 2.07. The average Bonchev–Trinajstić information content (AvgIpc) is 2.63. The molecule has 0 heterocycles. The van der Waals surface area contributed by atoms with Crippen LogP contribution in [0.2, 0.25) is 5.02 Å². The Morgan fingerprint density at radius 2 is 1.75 bits per heavy atom. The van der Waals surface area contributed by atoms with E-state index in [1.165, 1.54) is 26.2 Å². The summed E-state index contributed by atoms with van der Waals surface area (Å²) in [4.78, 5) is 24.0. The molecule has 28 heavy (non-hydrogen) atoms. The number of amides is 1. The van der Waals surface area contributed by atoms with Crippen LogP contribution >= 0.6 is 11.6 Å². The molecule has 1 amide bonds. The lowest BCUT2D eigenvalue weighted by atomic mass is 10.1. The van der Waals surface area contributed by atoms with Gasteiger partial charge in [0.2, 0.25) is 10.0 Å². The summed E-state index contributed by atoms with van der Waals surface area (Å²) in [7, 11) is -1.12. The fourth-order valence-electron chi connectivity index (χ4n) is 2.26. The van der Waals surface area contributed by atoms with E-state index in [1.54, 1.807) is 6.07 Å². The summed E-state index contributed by atoms with van der Waals surface area (Å²) in [5, 5.41) is 2.62. The van der Waals surface area contributed by atoms with Gasteiger partial charge in [0.05, 0.1) is 10.6 Å². The second kappa shape index (κ2) is 8.72. The molecule has 0 radical (unpaired) electrons. The van der Waals surface area contributed by atoms with Gasteiger partial charge in [-0.05, 0) is 55.3 Å². The SMILES string of the molecule is Cc1ccc(NC(=O)COC(=O)c2ccc(Cl)c(S(=O)(=O)N(C)C)c2)cc1C. The van der Waals surface area contributed by atoms with Gasteiger partial charge in [-0.1, -0.05) is 17.7 Å². The molecule has 0 saturated heterocycles. The van der Waals surface area contributed by atoms with E-state index in [0.717, 1.165) is 21.5 Å². The van der Waals surface area contributed by atoms with E-state index in [4.69, 9.17) is 16.3 Å². The molecule has 7 nitrogen and oxygen atoms in total. The first-order chi connectivity index (χ1) is 13.0. The number of halogens is 1. The number of hydrogen-bond donors (Lipinski definition) is 1. The fourth-order valence-corrected chi connectivity index (χ4v) is 3.65. The number of benzene rings is 2. The summed E-state index contributed by atoms with van der Waals surface area (Å²) < 4.78 is 30.5. The lowest BCUT2D eigenvalue weighted by Gasteiger charge is -2.13. The normalized spacial score (nSPS) is 11.4. The summed E-state index contributed by atoms with van der Waals surface area (Å²) in [5.74, 6) is -1.34. The highest BCUT2D eigenvalue weighted by atomic mass is 35.5. The number of nitrogens with zero attached hydrogens (tertiary/aromatic N) is 1. The number of sulfonamides is 1. The van der Waals surface area contributed by atoms with Crippen LogP contribution in [0.1, 0.15) is 21.5 Å². The van der Waals surface area contributed by atoms with Crippen LogP contribution in [0.25, 0.3) is 0 Å². The molecule has 2 rings (SSSR count). The number of esters is 1. The second-order valence-electron chi connectivity index (χ2n) is 6.36. The van der Waals surface area contributed by atoms with Crippen LogP contribution in [0.3, 0.4) is 0 Å². The molecule has 0 unspecified atom stereocenters. The van der Waals surface area contributed by atoms with Gasteiger partial charge in [-0.3, -0.25) is 4.79 Å². The molecule has 0 aliphatic carbocycles. The highest BCUT2D eigenvalue weighted by Crippen LogP contribution is 2.25. The Hall–Kier alpha value is -2.42. The maximum atomic E-state index is 12.3. The van der Waals surface area contributed by atoms with Crippen LogP contribution in [-0.4, -0.2) is 45.3 Å². The van der Waals surface area contributed by atoms with E-state index >= 15 is 0 Å². The van der Waals surface area contributed by atoms with E-state index < -0.39 is 28.5 Å². The Kier molecular flexibility index (Phi) is 6.82. The lowest BCUT2D eigenvalue weighted by molar-refractivity contribution is -0.119. The molecule has 0 aliphatic rings. The molecule has 0 spiro atoms. The molecule has 2 aromatic carbocycles. The molecule has 0 atom stereocenters. The average molecular weight is 425 g/mol. The molecule has 2 aromatic rings. The number of rotatable bonds is 6. The zero-order valence-electron chi connectivity index (χ0n) is 15.9. The van der Waals surface area contributed by atoms with Crippen molar-refractivity contribution in [2.75, 3.05) is 26.0 Å².